The molecule has 2 aromatic heterocycles. The van der Waals surface area contributed by atoms with Crippen molar-refractivity contribution >= 4 is 75.8 Å². The Labute approximate surface area is 460 Å². The third kappa shape index (κ3) is 17.3. The van der Waals surface area contributed by atoms with E-state index in [9.17, 15) is 58.2 Å². The van der Waals surface area contributed by atoms with E-state index < -0.39 is 114 Å². The summed E-state index contributed by atoms with van der Waals surface area (Å²) in [6, 6.07) is 2.40. The van der Waals surface area contributed by atoms with E-state index in [0.717, 1.165) is 0 Å². The van der Waals surface area contributed by atoms with Crippen molar-refractivity contribution in [1.29, 1.82) is 0 Å². The number of phenols is 1. The number of aliphatic hydroxyl groups is 1. The van der Waals surface area contributed by atoms with Crippen molar-refractivity contribution in [3.8, 4) is 5.75 Å². The molecule has 80 heavy (non-hydrogen) atoms. The number of guanidine groups is 1. The van der Waals surface area contributed by atoms with E-state index in [1.54, 1.807) is 44.3 Å². The van der Waals surface area contributed by atoms with E-state index in [1.807, 2.05) is 0 Å². The van der Waals surface area contributed by atoms with Gasteiger partial charge in [0.25, 0.3) is 0 Å². The average molecular weight is 1110 g/mol. The molecule has 2 saturated heterocycles. The monoisotopic (exact) mass is 1110 g/mol. The number of aromatic amines is 2. The molecule has 9 amide bonds. The number of benzene rings is 2. The molecule has 4 aromatic rings. The summed E-state index contributed by atoms with van der Waals surface area (Å²) in [5.41, 5.74) is 18.5. The summed E-state index contributed by atoms with van der Waals surface area (Å²) >= 11 is 0. The van der Waals surface area contributed by atoms with Crippen LogP contribution < -0.4 is 54.4 Å². The minimum atomic E-state index is -1.75. The van der Waals surface area contributed by atoms with Gasteiger partial charge in [0.05, 0.1) is 25.4 Å². The predicted octanol–water partition coefficient (Wildman–Crippen LogP) is -2.66. The molecule has 0 aliphatic carbocycles. The highest BCUT2D eigenvalue weighted by atomic mass is 16.3. The number of imidazole rings is 1. The minimum Gasteiger partial charge on any atom is -0.508 e. The fourth-order valence-electron chi connectivity index (χ4n) is 9.59. The van der Waals surface area contributed by atoms with Gasteiger partial charge in [-0.25, -0.2) is 4.98 Å². The summed E-state index contributed by atoms with van der Waals surface area (Å²) in [5, 5.41) is 40.0. The number of carbonyl (C=O) groups excluding carboxylic acids is 10. The number of nitrogens with zero attached hydrogens (tertiary/aromatic N) is 3. The number of aliphatic imine (C=N–C) groups is 1. The lowest BCUT2D eigenvalue weighted by atomic mass is 9.99. The van der Waals surface area contributed by atoms with Crippen LogP contribution in [0, 0.1) is 5.92 Å². The Bertz CT molecular complexity index is 2890. The molecule has 430 valence electrons. The third-order valence-corrected chi connectivity index (χ3v) is 13.6. The van der Waals surface area contributed by atoms with Gasteiger partial charge in [-0.15, -0.1) is 0 Å². The molecule has 2 aliphatic rings. The average Bonchev–Trinajstić information content (AvgIpc) is 4.28. The number of hydrogen-bond donors (Lipinski definition) is 14. The zero-order valence-electron chi connectivity index (χ0n) is 44.5. The molecule has 2 fully saturated rings. The molecule has 27 heteroatoms. The fourth-order valence-corrected chi connectivity index (χ4v) is 9.59. The van der Waals surface area contributed by atoms with Gasteiger partial charge in [-0.1, -0.05) is 44.2 Å². The number of phenolic OH excluding ortho intramolecular Hbond substituents is 1. The lowest BCUT2D eigenvalue weighted by Crippen LogP contribution is -2.61. The van der Waals surface area contributed by atoms with E-state index in [0.29, 0.717) is 34.1 Å². The van der Waals surface area contributed by atoms with E-state index in [1.165, 1.54) is 41.7 Å². The molecule has 0 spiro atoms. The lowest BCUT2D eigenvalue weighted by Gasteiger charge is -2.30. The normalized spacial score (nSPS) is 17.2. The number of H-pyrrole nitrogens is 2. The number of aromatic nitrogens is 3. The molecule has 2 aromatic carbocycles. The van der Waals surface area contributed by atoms with Gasteiger partial charge < -0.3 is 79.5 Å². The molecule has 17 N–H and O–H groups in total. The molecule has 8 atom stereocenters. The predicted molar refractivity (Wildman–Crippen MR) is 289 cm³/mol. The van der Waals surface area contributed by atoms with Gasteiger partial charge in [-0.05, 0) is 73.8 Å². The highest BCUT2D eigenvalue weighted by Crippen LogP contribution is 2.23. The molecule has 0 saturated carbocycles. The summed E-state index contributed by atoms with van der Waals surface area (Å²) < 4.78 is 0. The number of ketones is 1. The Morgan fingerprint density at radius 1 is 0.762 bits per heavy atom. The van der Waals surface area contributed by atoms with Gasteiger partial charge in [0, 0.05) is 67.8 Å². The van der Waals surface area contributed by atoms with Crippen molar-refractivity contribution in [2.75, 3.05) is 19.7 Å². The first-order valence-corrected chi connectivity index (χ1v) is 26.4. The number of para-hydroxylation sites is 1. The molecule has 0 unspecified atom stereocenters. The zero-order chi connectivity index (χ0) is 58.0. The Morgan fingerprint density at radius 2 is 1.39 bits per heavy atom. The number of Topliss-reactive ketones (excluding diaryl/α,β-unsaturated/α-hetero) is 1. The smallest absolute Gasteiger partial charge is 0.245 e. The van der Waals surface area contributed by atoms with Crippen molar-refractivity contribution < 1.29 is 58.2 Å². The van der Waals surface area contributed by atoms with Crippen molar-refractivity contribution in [1.82, 2.24) is 57.1 Å². The maximum absolute atomic E-state index is 14.6. The fraction of sp³-hybridized carbons (Fsp3) is 0.472. The Hall–Kier alpha value is -8.88. The van der Waals surface area contributed by atoms with Crippen LogP contribution in [0.3, 0.4) is 0 Å². The molecule has 6 rings (SSSR count). The number of rotatable bonds is 29. The Morgan fingerprint density at radius 3 is 2.01 bits per heavy atom. The van der Waals surface area contributed by atoms with Crippen LogP contribution in [-0.4, -0.2) is 163 Å². The van der Waals surface area contributed by atoms with Gasteiger partial charge in [-0.3, -0.25) is 52.9 Å². The van der Waals surface area contributed by atoms with Crippen LogP contribution in [0.1, 0.15) is 82.0 Å². The first kappa shape index (κ1) is 60.4. The topological polar surface area (TPSA) is 433 Å². The Balaban J connectivity index is 1.23. The number of nitrogens with one attached hydrogen (secondary N) is 9. The maximum Gasteiger partial charge on any atom is 0.245 e. The van der Waals surface area contributed by atoms with Crippen molar-refractivity contribution in [3.05, 3.63) is 84.1 Å². The number of carbonyl (C=O) groups is 10. The third-order valence-electron chi connectivity index (χ3n) is 13.6. The van der Waals surface area contributed by atoms with Gasteiger partial charge in [-0.2, -0.15) is 0 Å². The lowest BCUT2D eigenvalue weighted by molar-refractivity contribution is -0.142. The zero-order valence-corrected chi connectivity index (χ0v) is 44.5. The van der Waals surface area contributed by atoms with Crippen LogP contribution in [-0.2, 0) is 67.2 Å². The first-order valence-electron chi connectivity index (χ1n) is 26.4. The van der Waals surface area contributed by atoms with Crippen LogP contribution in [0.5, 0.6) is 5.75 Å². The SMILES string of the molecule is CC(C)C[C@@H](NC(=O)[C@H](Cc1ccc(O)cc1)NC(=O)[C@H](CO)NC(=O)[C@H](Cc1c[nH]c2ccccc12)NC(=O)[C@H](Cc1cnc[nH]1)NC(=O)[C@@H]1CCC(=O)N1)C(=O)N[C@@H](CCCN=C(N)N)C(=O)N1CCC[C@H]1C(=O)CC(N)=O. The first-order chi connectivity index (χ1) is 38.2. The quantitative estimate of drug-likeness (QED) is 0.0114. The molecule has 0 bridgehead atoms. The van der Waals surface area contributed by atoms with Crippen LogP contribution >= 0.6 is 0 Å². The van der Waals surface area contributed by atoms with E-state index >= 15 is 0 Å². The number of primary amides is 1. The second kappa shape index (κ2) is 28.7. The Kier molecular flexibility index (Phi) is 21.6. The number of likely N-dealkylation sites (tertiary alicyclic amines) is 1. The summed E-state index contributed by atoms with van der Waals surface area (Å²) in [7, 11) is 0. The largest absolute Gasteiger partial charge is 0.508 e. The van der Waals surface area contributed by atoms with Crippen LogP contribution in [0.4, 0.5) is 0 Å². The van der Waals surface area contributed by atoms with Crippen molar-refractivity contribution in [2.45, 2.75) is 133 Å². The second-order valence-electron chi connectivity index (χ2n) is 20.3. The summed E-state index contributed by atoms with van der Waals surface area (Å²) in [6.45, 7) is 2.81. The molecule has 4 heterocycles. The van der Waals surface area contributed by atoms with Gasteiger partial charge >= 0.3 is 0 Å². The summed E-state index contributed by atoms with van der Waals surface area (Å²) in [4.78, 5) is 152. The molecular formula is C53H71N15O12. The number of nitrogens with two attached hydrogens (primary N) is 3. The molecule has 0 radical (unpaired) electrons. The number of hydrogen-bond acceptors (Lipinski definition) is 14. The molecular weight excluding hydrogens is 1040 g/mol. The maximum atomic E-state index is 14.6. The van der Waals surface area contributed by atoms with Gasteiger partial charge in [0.15, 0.2) is 11.7 Å². The molecule has 2 aliphatic heterocycles. The number of aliphatic hydroxyl groups excluding tert-OH is 1. The van der Waals surface area contributed by atoms with Crippen LogP contribution in [0.2, 0.25) is 0 Å². The second-order valence-corrected chi connectivity index (χ2v) is 20.3. The van der Waals surface area contributed by atoms with Crippen LogP contribution in [0.15, 0.2) is 72.2 Å². The van der Waals surface area contributed by atoms with E-state index in [4.69, 9.17) is 17.2 Å². The number of aromatic hydroxyl groups is 1. The number of fused-ring (bicyclic) bond motifs is 1. The number of amides is 9. The summed E-state index contributed by atoms with van der Waals surface area (Å²) in [5.74, 6) is -8.01. The highest BCUT2D eigenvalue weighted by Gasteiger charge is 2.40. The van der Waals surface area contributed by atoms with Crippen molar-refractivity contribution in [2.24, 2.45) is 28.1 Å². The van der Waals surface area contributed by atoms with E-state index in [2.05, 4.69) is 57.2 Å². The minimum absolute atomic E-state index is 0.000680. The van der Waals surface area contributed by atoms with Gasteiger partial charge in [0.1, 0.15) is 48.0 Å². The van der Waals surface area contributed by atoms with Gasteiger partial charge in [0.2, 0.25) is 53.2 Å². The highest BCUT2D eigenvalue weighted by molar-refractivity contribution is 6.03. The molecule has 27 nitrogen and oxygen atoms in total. The summed E-state index contributed by atoms with van der Waals surface area (Å²) in [6.07, 6.45) is 4.64. The van der Waals surface area contributed by atoms with Crippen LogP contribution in [0.25, 0.3) is 10.9 Å². The van der Waals surface area contributed by atoms with E-state index in [-0.39, 0.29) is 94.4 Å². The van der Waals surface area contributed by atoms with Crippen molar-refractivity contribution in [3.63, 3.8) is 0 Å². The standard InChI is InChI=1S/C53H71N15O12/c1-28(2)19-37(47(75)62-36(9-5-17-58-53(55)56)52(80)68-18-6-10-42(68)43(71)23-44(54)72)63-48(76)38(20-29-11-13-32(70)14-12-29)64-51(79)41(26-69)67-49(77)39(21-30-24-59-34-8-4-3-7-33(30)34)65-50(78)40(22-31-25-57-27-60-31)66-46(74)35-15-16-45(73)61-35/h3-4,7-8,11-14,24-25,27-28,35-42,59,69-70H,5-6,9-10,15-23,26H2,1-2H3,(H2,54,72)(H,57,60)(H,61,73)(H,62,75)(H,63,76)(H,64,79)(H,65,78)(H,66,74)(H,67,77)(H4,55,56,58)/t35-,36-,37+,38-,39-,40-,41-,42-/m0/s1.